The minimum absolute atomic E-state index is 0.286. The highest BCUT2D eigenvalue weighted by Gasteiger charge is 2.16. The van der Waals surface area contributed by atoms with E-state index in [1.165, 1.54) is 24.3 Å². The fourth-order valence-electron chi connectivity index (χ4n) is 2.22. The normalized spacial score (nSPS) is 11.9. The molecule has 1 aromatic heterocycles. The van der Waals surface area contributed by atoms with Gasteiger partial charge in [0, 0.05) is 11.6 Å². The number of nitrogens with zero attached hydrogens (tertiary/aromatic N) is 1. The van der Waals surface area contributed by atoms with Crippen molar-refractivity contribution in [1.82, 2.24) is 4.98 Å². The van der Waals surface area contributed by atoms with E-state index in [0.717, 1.165) is 10.9 Å². The minimum atomic E-state index is -0.715. The number of pyridine rings is 1. The van der Waals surface area contributed by atoms with Crippen molar-refractivity contribution in [2.24, 2.45) is 0 Å². The average molecular weight is 310 g/mol. The number of fused-ring (bicyclic) bond motifs is 1. The monoisotopic (exact) mass is 310 g/mol. The molecular weight excluding hydrogens is 295 g/mol. The van der Waals surface area contributed by atoms with Gasteiger partial charge in [-0.1, -0.05) is 6.07 Å². The van der Waals surface area contributed by atoms with E-state index in [1.54, 1.807) is 13.1 Å². The Morgan fingerprint density at radius 2 is 1.91 bits per heavy atom. The highest BCUT2D eigenvalue weighted by molar-refractivity contribution is 6.02. The molecule has 1 heterocycles. The number of halogens is 1. The Hall–Kier alpha value is -2.95. The van der Waals surface area contributed by atoms with Crippen molar-refractivity contribution in [2.75, 3.05) is 5.32 Å². The van der Waals surface area contributed by atoms with Crippen LogP contribution in [0.3, 0.4) is 0 Å². The summed E-state index contributed by atoms with van der Waals surface area (Å²) in [6, 6.07) is 14.8. The molecule has 0 spiro atoms. The zero-order valence-electron chi connectivity index (χ0n) is 12.5. The number of hydrogen-bond acceptors (Lipinski definition) is 3. The van der Waals surface area contributed by atoms with Crippen molar-refractivity contribution < 1.29 is 13.9 Å². The maximum Gasteiger partial charge on any atom is 0.265 e. The van der Waals surface area contributed by atoms with Crippen molar-refractivity contribution in [3.63, 3.8) is 0 Å². The van der Waals surface area contributed by atoms with Crippen LogP contribution in [0.5, 0.6) is 5.75 Å². The predicted molar refractivity (Wildman–Crippen MR) is 86.9 cm³/mol. The van der Waals surface area contributed by atoms with Crippen LogP contribution in [0.25, 0.3) is 10.9 Å². The van der Waals surface area contributed by atoms with E-state index in [9.17, 15) is 9.18 Å². The molecule has 0 saturated heterocycles. The maximum atomic E-state index is 12.9. The summed E-state index contributed by atoms with van der Waals surface area (Å²) in [7, 11) is 0. The summed E-state index contributed by atoms with van der Waals surface area (Å²) in [6.07, 6.45) is 0.987. The third-order valence-electron chi connectivity index (χ3n) is 3.40. The zero-order chi connectivity index (χ0) is 16.2. The lowest BCUT2D eigenvalue weighted by Crippen LogP contribution is -2.30. The van der Waals surface area contributed by atoms with Gasteiger partial charge in [-0.2, -0.15) is 0 Å². The van der Waals surface area contributed by atoms with Gasteiger partial charge in [0.25, 0.3) is 5.91 Å². The summed E-state index contributed by atoms with van der Waals surface area (Å²) in [6.45, 7) is 1.64. The molecule has 0 saturated carbocycles. The molecule has 0 unspecified atom stereocenters. The molecule has 2 aromatic carbocycles. The molecule has 4 nitrogen and oxygen atoms in total. The number of anilines is 1. The fraction of sp³-hybridized carbons (Fsp3) is 0.111. The molecular formula is C18H15FN2O2. The van der Waals surface area contributed by atoms with Crippen LogP contribution in [0.1, 0.15) is 6.92 Å². The second kappa shape index (κ2) is 6.44. The van der Waals surface area contributed by atoms with Gasteiger partial charge in [0.2, 0.25) is 0 Å². The zero-order valence-corrected chi connectivity index (χ0v) is 12.5. The van der Waals surface area contributed by atoms with E-state index in [-0.39, 0.29) is 11.7 Å². The largest absolute Gasteiger partial charge is 0.481 e. The molecule has 5 heteroatoms. The van der Waals surface area contributed by atoms with Crippen molar-refractivity contribution in [3.05, 3.63) is 66.6 Å². The highest BCUT2D eigenvalue weighted by atomic mass is 19.1. The molecule has 1 amide bonds. The van der Waals surface area contributed by atoms with Crippen LogP contribution in [-0.2, 0) is 4.79 Å². The van der Waals surface area contributed by atoms with Gasteiger partial charge in [-0.3, -0.25) is 9.78 Å². The van der Waals surface area contributed by atoms with Gasteiger partial charge >= 0.3 is 0 Å². The number of nitrogens with one attached hydrogen (secondary N) is 1. The molecule has 23 heavy (non-hydrogen) atoms. The lowest BCUT2D eigenvalue weighted by Gasteiger charge is -2.15. The second-order valence-electron chi connectivity index (χ2n) is 5.08. The average Bonchev–Trinajstić information content (AvgIpc) is 2.57. The van der Waals surface area contributed by atoms with Crippen molar-refractivity contribution in [2.45, 2.75) is 13.0 Å². The molecule has 0 aliphatic heterocycles. The molecule has 0 fully saturated rings. The molecule has 1 atom stereocenters. The lowest BCUT2D eigenvalue weighted by atomic mass is 10.2. The van der Waals surface area contributed by atoms with Crippen LogP contribution in [0.15, 0.2) is 60.8 Å². The van der Waals surface area contributed by atoms with Crippen molar-refractivity contribution >= 4 is 22.5 Å². The molecule has 3 rings (SSSR count). The number of ether oxygens (including phenoxy) is 1. The Morgan fingerprint density at radius 1 is 1.13 bits per heavy atom. The second-order valence-corrected chi connectivity index (χ2v) is 5.08. The molecule has 0 radical (unpaired) electrons. The van der Waals surface area contributed by atoms with Crippen LogP contribution < -0.4 is 10.1 Å². The van der Waals surface area contributed by atoms with E-state index in [4.69, 9.17) is 4.74 Å². The number of carbonyl (C=O) groups excluding carboxylic acids is 1. The topological polar surface area (TPSA) is 51.2 Å². The first-order valence-corrected chi connectivity index (χ1v) is 7.20. The Labute approximate surface area is 132 Å². The van der Waals surface area contributed by atoms with E-state index in [2.05, 4.69) is 10.3 Å². The maximum absolute atomic E-state index is 12.9. The number of hydrogen-bond donors (Lipinski definition) is 1. The van der Waals surface area contributed by atoms with Crippen LogP contribution in [-0.4, -0.2) is 17.0 Å². The van der Waals surface area contributed by atoms with Gasteiger partial charge in [-0.05, 0) is 55.5 Å². The van der Waals surface area contributed by atoms with Gasteiger partial charge in [-0.15, -0.1) is 0 Å². The first-order valence-electron chi connectivity index (χ1n) is 7.20. The minimum Gasteiger partial charge on any atom is -0.481 e. The van der Waals surface area contributed by atoms with E-state index in [0.29, 0.717) is 11.4 Å². The van der Waals surface area contributed by atoms with Crippen molar-refractivity contribution in [3.8, 4) is 5.75 Å². The fourth-order valence-corrected chi connectivity index (χ4v) is 2.22. The molecule has 116 valence electrons. The molecule has 1 N–H and O–H groups in total. The number of aromatic nitrogens is 1. The molecule has 3 aromatic rings. The number of carbonyl (C=O) groups is 1. The predicted octanol–water partition coefficient (Wildman–Crippen LogP) is 3.78. The number of amides is 1. The quantitative estimate of drug-likeness (QED) is 0.798. The highest BCUT2D eigenvalue weighted by Crippen LogP contribution is 2.22. The summed E-state index contributed by atoms with van der Waals surface area (Å²) in [4.78, 5) is 16.5. The SMILES string of the molecule is C[C@H](Oc1ccc(F)cc1)C(=O)Nc1cccc2ncccc12. The summed E-state index contributed by atoms with van der Waals surface area (Å²) < 4.78 is 18.4. The smallest absolute Gasteiger partial charge is 0.265 e. The summed E-state index contributed by atoms with van der Waals surface area (Å²) in [5.74, 6) is -0.197. The summed E-state index contributed by atoms with van der Waals surface area (Å²) in [5, 5.41) is 3.70. The lowest BCUT2D eigenvalue weighted by molar-refractivity contribution is -0.122. The number of rotatable bonds is 4. The number of benzene rings is 2. The molecule has 0 aliphatic rings. The first-order chi connectivity index (χ1) is 11.1. The van der Waals surface area contributed by atoms with E-state index < -0.39 is 6.10 Å². The first kappa shape index (κ1) is 15.0. The van der Waals surface area contributed by atoms with Gasteiger partial charge in [0.15, 0.2) is 6.10 Å². The Bertz CT molecular complexity index is 829. The van der Waals surface area contributed by atoms with Crippen LogP contribution >= 0.6 is 0 Å². The van der Waals surface area contributed by atoms with Gasteiger partial charge in [0.05, 0.1) is 11.2 Å². The summed E-state index contributed by atoms with van der Waals surface area (Å²) in [5.41, 5.74) is 1.48. The van der Waals surface area contributed by atoms with Gasteiger partial charge in [0.1, 0.15) is 11.6 Å². The van der Waals surface area contributed by atoms with Crippen LogP contribution in [0.2, 0.25) is 0 Å². The molecule has 0 bridgehead atoms. The summed E-state index contributed by atoms with van der Waals surface area (Å²) >= 11 is 0. The molecule has 0 aliphatic carbocycles. The van der Waals surface area contributed by atoms with Crippen LogP contribution in [0.4, 0.5) is 10.1 Å². The van der Waals surface area contributed by atoms with E-state index in [1.807, 2.05) is 30.3 Å². The van der Waals surface area contributed by atoms with Crippen molar-refractivity contribution in [1.29, 1.82) is 0 Å². The van der Waals surface area contributed by atoms with Gasteiger partial charge in [-0.25, -0.2) is 4.39 Å². The Balaban J connectivity index is 1.74. The van der Waals surface area contributed by atoms with E-state index >= 15 is 0 Å². The third kappa shape index (κ3) is 3.45. The van der Waals surface area contributed by atoms with Crippen LogP contribution in [0, 0.1) is 5.82 Å². The Kier molecular flexibility index (Phi) is 4.19. The standard InChI is InChI=1S/C18H15FN2O2/c1-12(23-14-9-7-13(19)8-10-14)18(22)21-17-6-2-5-16-15(17)4-3-11-20-16/h2-12H,1H3,(H,21,22)/t12-/m0/s1. The Morgan fingerprint density at radius 3 is 2.70 bits per heavy atom. The third-order valence-corrected chi connectivity index (χ3v) is 3.40. The van der Waals surface area contributed by atoms with Gasteiger partial charge < -0.3 is 10.1 Å².